The van der Waals surface area contributed by atoms with Crippen LogP contribution in [-0.2, 0) is 9.47 Å². The van der Waals surface area contributed by atoms with Crippen LogP contribution in [0.15, 0.2) is 0 Å². The Morgan fingerprint density at radius 3 is 2.21 bits per heavy atom. The van der Waals surface area contributed by atoms with Gasteiger partial charge in [-0.1, -0.05) is 45.4 Å². The second kappa shape index (κ2) is 21.5. The Bertz CT molecular complexity index is 148. The number of rotatable bonds is 13. The van der Waals surface area contributed by atoms with Gasteiger partial charge in [0.2, 0.25) is 0 Å². The summed E-state index contributed by atoms with van der Waals surface area (Å²) in [7, 11) is 0. The molecule has 0 amide bonds. The minimum Gasteiger partial charge on any atom is -1.00 e. The van der Waals surface area contributed by atoms with E-state index in [4.69, 9.17) is 9.47 Å². The van der Waals surface area contributed by atoms with Crippen LogP contribution in [0.3, 0.4) is 0 Å². The topological polar surface area (TPSA) is 18.5 Å². The molecule has 1 atom stereocenters. The smallest absolute Gasteiger partial charge is 1.00 e. The molecule has 0 bridgehead atoms. The first kappa shape index (κ1) is 25.1. The molecule has 0 radical (unpaired) electrons. The molecule has 19 heavy (non-hydrogen) atoms. The van der Waals surface area contributed by atoms with E-state index >= 15 is 0 Å². The zero-order valence-electron chi connectivity index (χ0n) is 13.1. The molecule has 0 aromatic rings. The van der Waals surface area contributed by atoms with Gasteiger partial charge in [-0.25, -0.2) is 0 Å². The molecule has 0 saturated carbocycles. The summed E-state index contributed by atoms with van der Waals surface area (Å²) in [6.07, 6.45) is 10.9. The third-order valence-electron chi connectivity index (χ3n) is 2.93. The van der Waals surface area contributed by atoms with Crippen LogP contribution >= 0.6 is 0 Å². The second-order valence-corrected chi connectivity index (χ2v) is 4.89. The third kappa shape index (κ3) is 21.6. The molecule has 0 aliphatic rings. The normalized spacial score (nSPS) is 11.5. The van der Waals surface area contributed by atoms with E-state index in [-0.39, 0.29) is 40.0 Å². The van der Waals surface area contributed by atoms with Gasteiger partial charge < -0.3 is 32.9 Å². The zero-order chi connectivity index (χ0) is 12.8. The van der Waals surface area contributed by atoms with Crippen molar-refractivity contribution in [3.05, 3.63) is 6.42 Å². The molecule has 2 nitrogen and oxygen atoms in total. The monoisotopic (exact) mass is 346 g/mol. The van der Waals surface area contributed by atoms with Crippen molar-refractivity contribution in [3.63, 3.8) is 0 Å². The molecule has 4 heteroatoms. The van der Waals surface area contributed by atoms with E-state index in [0.29, 0.717) is 6.79 Å². The fourth-order valence-corrected chi connectivity index (χ4v) is 1.86. The summed E-state index contributed by atoms with van der Waals surface area (Å²) in [6, 6.07) is 0. The van der Waals surface area contributed by atoms with E-state index < -0.39 is 0 Å². The van der Waals surface area contributed by atoms with Crippen molar-refractivity contribution < 1.29 is 26.5 Å². The maximum Gasteiger partial charge on any atom is 2.00 e. The van der Waals surface area contributed by atoms with Gasteiger partial charge in [0.1, 0.15) is 6.79 Å². The fraction of sp³-hybridized carbons (Fsp3) is 0.933. The molecule has 0 saturated heterocycles. The molecule has 0 rings (SSSR count). The Labute approximate surface area is 147 Å². The van der Waals surface area contributed by atoms with Gasteiger partial charge in [-0.3, -0.25) is 0 Å². The standard InChI is InChI=1S/C15H31O2.BrH.Mg/c1-4-6-7-8-12-16-14-17-13-9-11-15(3)10-5-2;;/h5,15H,4,6-14H2,1-3H3;1H;/q-1;;+2/p-1. The zero-order valence-corrected chi connectivity index (χ0v) is 16.1. The summed E-state index contributed by atoms with van der Waals surface area (Å²) in [6.45, 7) is 8.80. The maximum atomic E-state index is 5.44. The van der Waals surface area contributed by atoms with Gasteiger partial charge in [0.25, 0.3) is 0 Å². The summed E-state index contributed by atoms with van der Waals surface area (Å²) < 4.78 is 10.8. The molecule has 0 fully saturated rings. The van der Waals surface area contributed by atoms with Crippen molar-refractivity contribution in [2.24, 2.45) is 5.92 Å². The second-order valence-electron chi connectivity index (χ2n) is 4.89. The Balaban J connectivity index is -0.00000128. The first-order valence-electron chi connectivity index (χ1n) is 7.24. The van der Waals surface area contributed by atoms with Crippen molar-refractivity contribution in [2.45, 2.75) is 65.7 Å². The summed E-state index contributed by atoms with van der Waals surface area (Å²) in [4.78, 5) is 0. The Morgan fingerprint density at radius 2 is 1.63 bits per heavy atom. The molecule has 0 aliphatic carbocycles. The minimum absolute atomic E-state index is 0. The molecular weight excluding hydrogens is 316 g/mol. The molecule has 0 aliphatic heterocycles. The fourth-order valence-electron chi connectivity index (χ4n) is 1.86. The van der Waals surface area contributed by atoms with Crippen LogP contribution in [0.2, 0.25) is 0 Å². The predicted octanol–water partition coefficient (Wildman–Crippen LogP) is 1.21. The molecule has 0 aromatic heterocycles. The number of halogens is 1. The van der Waals surface area contributed by atoms with E-state index in [1.54, 1.807) is 0 Å². The molecule has 0 aromatic carbocycles. The van der Waals surface area contributed by atoms with Gasteiger partial charge in [0.15, 0.2) is 0 Å². The number of hydrogen-bond donors (Lipinski definition) is 0. The van der Waals surface area contributed by atoms with Crippen LogP contribution < -0.4 is 17.0 Å². The van der Waals surface area contributed by atoms with Crippen molar-refractivity contribution in [1.29, 1.82) is 0 Å². The predicted molar refractivity (Wildman–Crippen MR) is 79.7 cm³/mol. The Kier molecular flexibility index (Phi) is 28.4. The van der Waals surface area contributed by atoms with E-state index in [9.17, 15) is 0 Å². The SMILES string of the molecule is C[CH-]CC(C)CCCOCOCCCCCC.[Br-].[Mg+2]. The first-order chi connectivity index (χ1) is 8.31. The van der Waals surface area contributed by atoms with Crippen LogP contribution in [0.5, 0.6) is 0 Å². The van der Waals surface area contributed by atoms with Crippen LogP contribution in [0.4, 0.5) is 0 Å². The average molecular weight is 348 g/mol. The third-order valence-corrected chi connectivity index (χ3v) is 2.93. The van der Waals surface area contributed by atoms with Crippen molar-refractivity contribution in [2.75, 3.05) is 20.0 Å². The van der Waals surface area contributed by atoms with Crippen molar-refractivity contribution in [1.82, 2.24) is 0 Å². The first-order valence-corrected chi connectivity index (χ1v) is 7.24. The van der Waals surface area contributed by atoms with Gasteiger partial charge in [0, 0.05) is 13.2 Å². The quantitative estimate of drug-likeness (QED) is 0.216. The number of ether oxygens (including phenoxy) is 2. The molecular formula is C15H31BrMgO2. The largest absolute Gasteiger partial charge is 2.00 e. The van der Waals surface area contributed by atoms with E-state index in [1.807, 2.05) is 0 Å². The van der Waals surface area contributed by atoms with Crippen molar-refractivity contribution in [3.8, 4) is 0 Å². The Hall–Kier alpha value is 1.17. The maximum absolute atomic E-state index is 5.44. The summed E-state index contributed by atoms with van der Waals surface area (Å²) in [5, 5.41) is 0. The van der Waals surface area contributed by atoms with Crippen LogP contribution in [-0.4, -0.2) is 43.1 Å². The molecule has 0 N–H and O–H groups in total. The molecule has 0 heterocycles. The van der Waals surface area contributed by atoms with Crippen LogP contribution in [0, 0.1) is 12.3 Å². The molecule has 112 valence electrons. The van der Waals surface area contributed by atoms with Gasteiger partial charge in [0.05, 0.1) is 0 Å². The van der Waals surface area contributed by atoms with Gasteiger partial charge in [-0.2, -0.15) is 13.3 Å². The summed E-state index contributed by atoms with van der Waals surface area (Å²) >= 11 is 0. The van der Waals surface area contributed by atoms with Gasteiger partial charge in [-0.15, -0.1) is 0 Å². The summed E-state index contributed by atoms with van der Waals surface area (Å²) in [5.41, 5.74) is 0. The number of hydrogen-bond acceptors (Lipinski definition) is 2. The van der Waals surface area contributed by atoms with Gasteiger partial charge in [-0.05, 0) is 12.8 Å². The number of unbranched alkanes of at least 4 members (excludes halogenated alkanes) is 3. The van der Waals surface area contributed by atoms with Gasteiger partial charge >= 0.3 is 23.1 Å². The van der Waals surface area contributed by atoms with Crippen LogP contribution in [0.25, 0.3) is 0 Å². The minimum atomic E-state index is 0. The molecule has 1 unspecified atom stereocenters. The van der Waals surface area contributed by atoms with E-state index in [0.717, 1.165) is 25.6 Å². The Morgan fingerprint density at radius 1 is 1.00 bits per heavy atom. The van der Waals surface area contributed by atoms with E-state index in [2.05, 4.69) is 27.2 Å². The van der Waals surface area contributed by atoms with Crippen molar-refractivity contribution >= 4 is 23.1 Å². The summed E-state index contributed by atoms with van der Waals surface area (Å²) in [5.74, 6) is 0.790. The van der Waals surface area contributed by atoms with E-state index in [1.165, 1.54) is 38.5 Å². The van der Waals surface area contributed by atoms with Crippen LogP contribution in [0.1, 0.15) is 65.7 Å². The average Bonchev–Trinajstić information content (AvgIpc) is 2.32. The molecule has 0 spiro atoms.